The highest BCUT2D eigenvalue weighted by atomic mass is 32.1. The Labute approximate surface area is 163 Å². The maximum atomic E-state index is 12.5. The number of amides is 1. The monoisotopic (exact) mass is 380 g/mol. The van der Waals surface area contributed by atoms with Gasteiger partial charge in [-0.2, -0.15) is 5.10 Å². The predicted octanol–water partition coefficient (Wildman–Crippen LogP) is 3.47. The summed E-state index contributed by atoms with van der Waals surface area (Å²) in [6.07, 6.45) is 9.39. The van der Waals surface area contributed by atoms with Crippen LogP contribution in [0.25, 0.3) is 6.08 Å². The molecular formula is C21H24N4OS. The molecule has 0 saturated carbocycles. The fourth-order valence-electron chi connectivity index (χ4n) is 4.46. The first kappa shape index (κ1) is 17.0. The Morgan fingerprint density at radius 3 is 2.85 bits per heavy atom. The van der Waals surface area contributed by atoms with Gasteiger partial charge in [-0.05, 0) is 80.3 Å². The number of nitrogens with one attached hydrogen (secondary N) is 2. The molecule has 1 fully saturated rings. The third-order valence-corrected chi connectivity index (χ3v) is 6.71. The molecule has 27 heavy (non-hydrogen) atoms. The minimum Gasteiger partial charge on any atom is -0.358 e. The number of hydrazone groups is 1. The molecule has 2 N–H and O–H groups in total. The molecule has 1 aliphatic carbocycles. The Balaban J connectivity index is 1.55. The number of rotatable bonds is 4. The molecule has 5 rings (SSSR count). The summed E-state index contributed by atoms with van der Waals surface area (Å²) < 4.78 is 0. The number of fused-ring (bicyclic) bond motifs is 1. The summed E-state index contributed by atoms with van der Waals surface area (Å²) in [6.45, 7) is 3.34. The second-order valence-corrected chi connectivity index (χ2v) is 8.55. The quantitative estimate of drug-likeness (QED) is 0.798. The van der Waals surface area contributed by atoms with Crippen LogP contribution in [0, 0.1) is 0 Å². The van der Waals surface area contributed by atoms with E-state index in [1.807, 2.05) is 23.6 Å². The van der Waals surface area contributed by atoms with Crippen molar-refractivity contribution in [3.63, 3.8) is 0 Å². The van der Waals surface area contributed by atoms with Crippen molar-refractivity contribution in [3.8, 4) is 0 Å². The molecule has 140 valence electrons. The SMILES string of the molecule is O=C1NN=C(c2cccs2)C1=Cc1[nH]c2c(c1CN1CCCC1)CCCC2. The van der Waals surface area contributed by atoms with Crippen LogP contribution in [0.5, 0.6) is 0 Å². The smallest absolute Gasteiger partial charge is 0.273 e. The van der Waals surface area contributed by atoms with E-state index in [1.54, 1.807) is 11.3 Å². The molecule has 0 atom stereocenters. The van der Waals surface area contributed by atoms with Gasteiger partial charge >= 0.3 is 0 Å². The Hall–Kier alpha value is -2.18. The van der Waals surface area contributed by atoms with E-state index in [9.17, 15) is 4.79 Å². The molecule has 2 aliphatic heterocycles. The first-order chi connectivity index (χ1) is 13.3. The second-order valence-electron chi connectivity index (χ2n) is 7.60. The number of aromatic nitrogens is 1. The lowest BCUT2D eigenvalue weighted by Gasteiger charge is -2.18. The van der Waals surface area contributed by atoms with Gasteiger partial charge < -0.3 is 4.98 Å². The van der Waals surface area contributed by atoms with E-state index >= 15 is 0 Å². The Morgan fingerprint density at radius 1 is 1.19 bits per heavy atom. The molecule has 1 amide bonds. The normalized spacial score (nSPS) is 21.6. The van der Waals surface area contributed by atoms with Gasteiger partial charge in [-0.15, -0.1) is 11.3 Å². The third kappa shape index (κ3) is 3.17. The Kier molecular flexibility index (Phi) is 4.45. The maximum Gasteiger partial charge on any atom is 0.273 e. The zero-order valence-corrected chi connectivity index (χ0v) is 16.2. The number of thiophene rings is 1. The zero-order valence-electron chi connectivity index (χ0n) is 15.4. The van der Waals surface area contributed by atoms with Gasteiger partial charge in [0, 0.05) is 17.9 Å². The van der Waals surface area contributed by atoms with Crippen LogP contribution >= 0.6 is 11.3 Å². The summed E-state index contributed by atoms with van der Waals surface area (Å²) in [7, 11) is 0. The molecule has 6 heteroatoms. The molecule has 3 aliphatic rings. The Bertz CT molecular complexity index is 916. The highest BCUT2D eigenvalue weighted by molar-refractivity contribution is 7.12. The van der Waals surface area contributed by atoms with Crippen molar-refractivity contribution in [1.82, 2.24) is 15.3 Å². The fourth-order valence-corrected chi connectivity index (χ4v) is 5.19. The maximum absolute atomic E-state index is 12.5. The van der Waals surface area contributed by atoms with Crippen molar-refractivity contribution in [3.05, 3.63) is 50.5 Å². The predicted molar refractivity (Wildman–Crippen MR) is 109 cm³/mol. The van der Waals surface area contributed by atoms with E-state index in [0.29, 0.717) is 5.57 Å². The van der Waals surface area contributed by atoms with Gasteiger partial charge in [0.2, 0.25) is 0 Å². The molecule has 1 saturated heterocycles. The number of nitrogens with zero attached hydrogens (tertiary/aromatic N) is 2. The molecule has 4 heterocycles. The minimum atomic E-state index is -0.113. The molecule has 2 aromatic rings. The lowest BCUT2D eigenvalue weighted by molar-refractivity contribution is -0.116. The molecule has 0 bridgehead atoms. The van der Waals surface area contributed by atoms with Crippen LogP contribution in [-0.4, -0.2) is 34.6 Å². The van der Waals surface area contributed by atoms with Crippen LogP contribution in [0.1, 0.15) is 53.1 Å². The van der Waals surface area contributed by atoms with E-state index in [-0.39, 0.29) is 5.91 Å². The van der Waals surface area contributed by atoms with E-state index in [4.69, 9.17) is 0 Å². The number of aryl methyl sites for hydroxylation is 1. The number of aromatic amines is 1. The van der Waals surface area contributed by atoms with Crippen LogP contribution in [0.3, 0.4) is 0 Å². The largest absolute Gasteiger partial charge is 0.358 e. The van der Waals surface area contributed by atoms with Crippen LogP contribution in [0.4, 0.5) is 0 Å². The Morgan fingerprint density at radius 2 is 2.04 bits per heavy atom. The third-order valence-electron chi connectivity index (χ3n) is 5.84. The first-order valence-electron chi connectivity index (χ1n) is 9.88. The van der Waals surface area contributed by atoms with Gasteiger partial charge in [-0.25, -0.2) is 5.43 Å². The number of carbonyl (C=O) groups excluding carboxylic acids is 1. The average molecular weight is 381 g/mol. The van der Waals surface area contributed by atoms with Gasteiger partial charge in [0.05, 0.1) is 10.5 Å². The summed E-state index contributed by atoms with van der Waals surface area (Å²) in [6, 6.07) is 4.01. The highest BCUT2D eigenvalue weighted by Crippen LogP contribution is 2.31. The van der Waals surface area contributed by atoms with Gasteiger partial charge in [-0.1, -0.05) is 6.07 Å². The fraction of sp³-hybridized carbons (Fsp3) is 0.429. The first-order valence-corrected chi connectivity index (χ1v) is 10.8. The lowest BCUT2D eigenvalue weighted by atomic mass is 9.94. The van der Waals surface area contributed by atoms with E-state index in [1.165, 1.54) is 55.6 Å². The van der Waals surface area contributed by atoms with E-state index in [2.05, 4.69) is 20.4 Å². The number of carbonyl (C=O) groups is 1. The number of likely N-dealkylation sites (tertiary alicyclic amines) is 1. The van der Waals surface area contributed by atoms with Crippen LogP contribution in [-0.2, 0) is 24.2 Å². The van der Waals surface area contributed by atoms with E-state index < -0.39 is 0 Å². The average Bonchev–Trinajstić information content (AvgIpc) is 3.46. The van der Waals surface area contributed by atoms with Crippen LogP contribution in [0.2, 0.25) is 0 Å². The molecular weight excluding hydrogens is 356 g/mol. The topological polar surface area (TPSA) is 60.5 Å². The van der Waals surface area contributed by atoms with Gasteiger partial charge in [0.1, 0.15) is 5.71 Å². The summed E-state index contributed by atoms with van der Waals surface area (Å²) >= 11 is 1.61. The lowest BCUT2D eigenvalue weighted by Crippen LogP contribution is -2.20. The van der Waals surface area contributed by atoms with Crippen molar-refractivity contribution in [2.45, 2.75) is 45.1 Å². The molecule has 5 nitrogen and oxygen atoms in total. The van der Waals surface area contributed by atoms with Gasteiger partial charge in [-0.3, -0.25) is 9.69 Å². The molecule has 0 aromatic carbocycles. The number of H-pyrrole nitrogens is 1. The highest BCUT2D eigenvalue weighted by Gasteiger charge is 2.27. The zero-order chi connectivity index (χ0) is 18.2. The summed E-state index contributed by atoms with van der Waals surface area (Å²) in [4.78, 5) is 19.7. The van der Waals surface area contributed by atoms with Crippen molar-refractivity contribution < 1.29 is 4.79 Å². The van der Waals surface area contributed by atoms with Crippen molar-refractivity contribution >= 4 is 29.0 Å². The van der Waals surface area contributed by atoms with Crippen LogP contribution < -0.4 is 5.43 Å². The number of hydrogen-bond acceptors (Lipinski definition) is 4. The summed E-state index contributed by atoms with van der Waals surface area (Å²) in [5.74, 6) is -0.113. The van der Waals surface area contributed by atoms with Crippen molar-refractivity contribution in [2.75, 3.05) is 13.1 Å². The van der Waals surface area contributed by atoms with Crippen LogP contribution in [0.15, 0.2) is 28.2 Å². The standard InChI is InChI=1S/C21H24N4OS/c26-21-15(20(23-24-21)19-8-5-11-27-19)12-18-16(13-25-9-3-4-10-25)14-6-1-2-7-17(14)22-18/h5,8,11-12,22H,1-4,6-7,9-10,13H2,(H,24,26). The van der Waals surface area contributed by atoms with Gasteiger partial charge in [0.15, 0.2) is 0 Å². The molecule has 0 radical (unpaired) electrons. The van der Waals surface area contributed by atoms with Crippen molar-refractivity contribution in [2.24, 2.45) is 5.10 Å². The molecule has 2 aromatic heterocycles. The van der Waals surface area contributed by atoms with E-state index in [0.717, 1.165) is 35.7 Å². The summed E-state index contributed by atoms with van der Waals surface area (Å²) in [5.41, 5.74) is 9.43. The van der Waals surface area contributed by atoms with Gasteiger partial charge in [0.25, 0.3) is 5.91 Å². The summed E-state index contributed by atoms with van der Waals surface area (Å²) in [5, 5.41) is 6.30. The molecule has 0 spiro atoms. The minimum absolute atomic E-state index is 0.113. The second kappa shape index (κ2) is 7.09. The number of hydrogen-bond donors (Lipinski definition) is 2. The van der Waals surface area contributed by atoms with Crippen molar-refractivity contribution in [1.29, 1.82) is 0 Å². The molecule has 0 unspecified atom stereocenters.